The average molecular weight is 341 g/mol. The number of ether oxygens (including phenoxy) is 1. The third-order valence-electron chi connectivity index (χ3n) is 4.05. The molecule has 1 aromatic carbocycles. The van der Waals surface area contributed by atoms with Crippen LogP contribution in [0.4, 0.5) is 0 Å². The van der Waals surface area contributed by atoms with Crippen molar-refractivity contribution < 1.29 is 17.9 Å². The van der Waals surface area contributed by atoms with E-state index in [1.54, 1.807) is 18.2 Å². The number of carbonyl (C=O) groups excluding carboxylic acids is 1. The molecule has 1 aliphatic heterocycles. The molecule has 0 unspecified atom stereocenters. The van der Waals surface area contributed by atoms with Crippen molar-refractivity contribution in [1.29, 1.82) is 0 Å². The van der Waals surface area contributed by atoms with E-state index in [0.29, 0.717) is 38.3 Å². The van der Waals surface area contributed by atoms with Crippen LogP contribution in [0.25, 0.3) is 0 Å². The van der Waals surface area contributed by atoms with Crippen molar-refractivity contribution in [3.8, 4) is 5.75 Å². The molecule has 1 aromatic rings. The summed E-state index contributed by atoms with van der Waals surface area (Å²) < 4.78 is 32.3. The van der Waals surface area contributed by atoms with Crippen LogP contribution in [-0.4, -0.2) is 38.3 Å². The molecule has 1 saturated heterocycles. The minimum absolute atomic E-state index is 0.228. The Morgan fingerprint density at radius 1 is 1.39 bits per heavy atom. The Morgan fingerprint density at radius 3 is 2.57 bits per heavy atom. The van der Waals surface area contributed by atoms with Gasteiger partial charge in [0, 0.05) is 19.0 Å². The van der Waals surface area contributed by atoms with Crippen LogP contribution in [0.5, 0.6) is 5.75 Å². The van der Waals surface area contributed by atoms with E-state index < -0.39 is 10.0 Å². The van der Waals surface area contributed by atoms with Gasteiger partial charge in [-0.05, 0) is 50.5 Å². The maximum Gasteiger partial charge on any atom is 0.243 e. The van der Waals surface area contributed by atoms with Gasteiger partial charge in [0.2, 0.25) is 15.9 Å². The monoisotopic (exact) mass is 341 g/mol. The van der Waals surface area contributed by atoms with Crippen molar-refractivity contribution in [1.82, 2.24) is 9.73 Å². The summed E-state index contributed by atoms with van der Waals surface area (Å²) in [6, 6.07) is 4.87. The number of piperidine rings is 1. The van der Waals surface area contributed by atoms with Crippen LogP contribution in [-0.2, 0) is 14.8 Å². The predicted octanol–water partition coefficient (Wildman–Crippen LogP) is 0.784. The number of hydrogen-bond acceptors (Lipinski definition) is 5. The number of aryl methyl sites for hydroxylation is 1. The van der Waals surface area contributed by atoms with Crippen LogP contribution in [0, 0.1) is 12.8 Å². The van der Waals surface area contributed by atoms with Gasteiger partial charge in [-0.3, -0.25) is 10.2 Å². The number of nitrogens with zero attached hydrogens (tertiary/aromatic N) is 1. The molecule has 8 heteroatoms. The molecule has 0 radical (unpaired) electrons. The summed E-state index contributed by atoms with van der Waals surface area (Å²) in [6.07, 6.45) is 0.941. The van der Waals surface area contributed by atoms with Gasteiger partial charge in [0.15, 0.2) is 0 Å². The zero-order valence-electron chi connectivity index (χ0n) is 13.4. The Hall–Kier alpha value is -1.64. The highest BCUT2D eigenvalue weighted by atomic mass is 32.2. The Bertz CT molecular complexity index is 667. The van der Waals surface area contributed by atoms with E-state index in [9.17, 15) is 13.2 Å². The molecule has 1 aliphatic rings. The first kappa shape index (κ1) is 17.7. The van der Waals surface area contributed by atoms with Crippen LogP contribution in [0.3, 0.4) is 0 Å². The second-order valence-electron chi connectivity index (χ2n) is 5.55. The van der Waals surface area contributed by atoms with Crippen LogP contribution >= 0.6 is 0 Å². The highest BCUT2D eigenvalue weighted by molar-refractivity contribution is 7.89. The predicted molar refractivity (Wildman–Crippen MR) is 86.2 cm³/mol. The Labute approximate surface area is 136 Å². The third-order valence-corrected chi connectivity index (χ3v) is 5.95. The largest absolute Gasteiger partial charge is 0.494 e. The fourth-order valence-corrected chi connectivity index (χ4v) is 4.28. The number of sulfonamides is 1. The van der Waals surface area contributed by atoms with Crippen molar-refractivity contribution in [2.45, 2.75) is 31.6 Å². The zero-order chi connectivity index (χ0) is 17.0. The second kappa shape index (κ2) is 7.29. The molecule has 2 rings (SSSR count). The number of hydrazine groups is 1. The molecule has 7 nitrogen and oxygen atoms in total. The summed E-state index contributed by atoms with van der Waals surface area (Å²) in [4.78, 5) is 11.8. The standard InChI is InChI=1S/C15H23N3O4S/c1-3-22-14-5-4-13(10-11(14)2)23(20,21)18-8-6-12(7-9-18)15(19)17-16/h4-5,10,12H,3,6-9,16H2,1-2H3,(H,17,19). The minimum Gasteiger partial charge on any atom is -0.494 e. The van der Waals surface area contributed by atoms with E-state index >= 15 is 0 Å². The van der Waals surface area contributed by atoms with Crippen molar-refractivity contribution in [2.24, 2.45) is 11.8 Å². The van der Waals surface area contributed by atoms with Gasteiger partial charge in [-0.25, -0.2) is 14.3 Å². The molecular formula is C15H23N3O4S. The van der Waals surface area contributed by atoms with Crippen LogP contribution in [0.1, 0.15) is 25.3 Å². The molecule has 1 fully saturated rings. The molecule has 23 heavy (non-hydrogen) atoms. The molecule has 0 aromatic heterocycles. The van der Waals surface area contributed by atoms with Gasteiger partial charge in [-0.1, -0.05) is 0 Å². The maximum atomic E-state index is 12.7. The lowest BCUT2D eigenvalue weighted by molar-refractivity contribution is -0.126. The van der Waals surface area contributed by atoms with Crippen LogP contribution in [0.15, 0.2) is 23.1 Å². The van der Waals surface area contributed by atoms with Gasteiger partial charge in [0.1, 0.15) is 5.75 Å². The van der Waals surface area contributed by atoms with Gasteiger partial charge >= 0.3 is 0 Å². The summed E-state index contributed by atoms with van der Waals surface area (Å²) in [5, 5.41) is 0. The quantitative estimate of drug-likeness (QED) is 0.468. The molecule has 0 spiro atoms. The van der Waals surface area contributed by atoms with Crippen LogP contribution in [0.2, 0.25) is 0 Å². The number of nitrogens with one attached hydrogen (secondary N) is 1. The first-order valence-electron chi connectivity index (χ1n) is 7.64. The maximum absolute atomic E-state index is 12.7. The van der Waals surface area contributed by atoms with Crippen molar-refractivity contribution in [3.05, 3.63) is 23.8 Å². The molecule has 128 valence electrons. The van der Waals surface area contributed by atoms with Gasteiger partial charge in [-0.15, -0.1) is 0 Å². The Morgan fingerprint density at radius 2 is 2.04 bits per heavy atom. The van der Waals surface area contributed by atoms with E-state index in [1.165, 1.54) is 4.31 Å². The smallest absolute Gasteiger partial charge is 0.243 e. The lowest BCUT2D eigenvalue weighted by Crippen LogP contribution is -2.44. The van der Waals surface area contributed by atoms with Gasteiger partial charge in [0.05, 0.1) is 11.5 Å². The van der Waals surface area contributed by atoms with E-state index in [4.69, 9.17) is 10.6 Å². The minimum atomic E-state index is -3.56. The highest BCUT2D eigenvalue weighted by Gasteiger charge is 2.32. The molecule has 1 heterocycles. The van der Waals surface area contributed by atoms with E-state index in [0.717, 1.165) is 5.56 Å². The number of carbonyl (C=O) groups is 1. The molecular weight excluding hydrogens is 318 g/mol. The Kier molecular flexibility index (Phi) is 5.61. The summed E-state index contributed by atoms with van der Waals surface area (Å²) in [6.45, 7) is 4.86. The van der Waals surface area contributed by atoms with E-state index in [2.05, 4.69) is 5.43 Å². The number of hydrogen-bond donors (Lipinski definition) is 2. The fraction of sp³-hybridized carbons (Fsp3) is 0.533. The lowest BCUT2D eigenvalue weighted by Gasteiger charge is -2.30. The number of amides is 1. The molecule has 0 atom stereocenters. The van der Waals surface area contributed by atoms with Crippen molar-refractivity contribution >= 4 is 15.9 Å². The first-order valence-corrected chi connectivity index (χ1v) is 9.08. The number of nitrogens with two attached hydrogens (primary N) is 1. The van der Waals surface area contributed by atoms with E-state index in [1.807, 2.05) is 13.8 Å². The first-order chi connectivity index (χ1) is 10.9. The van der Waals surface area contributed by atoms with E-state index in [-0.39, 0.29) is 16.7 Å². The topological polar surface area (TPSA) is 102 Å². The SMILES string of the molecule is CCOc1ccc(S(=O)(=O)N2CCC(C(=O)NN)CC2)cc1C. The third kappa shape index (κ3) is 3.82. The lowest BCUT2D eigenvalue weighted by atomic mass is 9.98. The summed E-state index contributed by atoms with van der Waals surface area (Å²) in [5.41, 5.74) is 2.91. The highest BCUT2D eigenvalue weighted by Crippen LogP contribution is 2.27. The van der Waals surface area contributed by atoms with Crippen molar-refractivity contribution in [3.63, 3.8) is 0 Å². The Balaban J connectivity index is 2.13. The number of rotatable bonds is 5. The van der Waals surface area contributed by atoms with Gasteiger partial charge in [-0.2, -0.15) is 4.31 Å². The zero-order valence-corrected chi connectivity index (χ0v) is 14.2. The van der Waals surface area contributed by atoms with Gasteiger partial charge in [0.25, 0.3) is 0 Å². The summed E-state index contributed by atoms with van der Waals surface area (Å²) in [7, 11) is -3.56. The number of benzene rings is 1. The second-order valence-corrected chi connectivity index (χ2v) is 7.49. The molecule has 1 amide bonds. The summed E-state index contributed by atoms with van der Waals surface area (Å²) >= 11 is 0. The molecule has 3 N–H and O–H groups in total. The normalized spacial score (nSPS) is 17.0. The molecule has 0 saturated carbocycles. The van der Waals surface area contributed by atoms with Gasteiger partial charge < -0.3 is 4.74 Å². The average Bonchev–Trinajstić information content (AvgIpc) is 2.56. The molecule has 0 aliphatic carbocycles. The van der Waals surface area contributed by atoms with Crippen LogP contribution < -0.4 is 16.0 Å². The fourth-order valence-electron chi connectivity index (χ4n) is 2.73. The van der Waals surface area contributed by atoms with Crippen molar-refractivity contribution in [2.75, 3.05) is 19.7 Å². The summed E-state index contributed by atoms with van der Waals surface area (Å²) in [5.74, 6) is 5.35. The molecule has 0 bridgehead atoms.